The number of unbranched alkanes of at least 4 members (excludes halogenated alkanes) is 1. The number of sulfonamides is 1. The van der Waals surface area contributed by atoms with E-state index < -0.39 is 10.0 Å². The summed E-state index contributed by atoms with van der Waals surface area (Å²) in [6.07, 6.45) is 2.98. The molecule has 1 saturated heterocycles. The van der Waals surface area contributed by atoms with Crippen LogP contribution in [-0.2, 0) is 24.3 Å². The zero-order valence-electron chi connectivity index (χ0n) is 21.8. The fourth-order valence-corrected chi connectivity index (χ4v) is 6.85. The highest BCUT2D eigenvalue weighted by Crippen LogP contribution is 2.37. The fourth-order valence-electron chi connectivity index (χ4n) is 4.51. The standard InChI is InChI=1S/C27H36N4O5S2/c1-2-3-13-29(22-8-5-4-6-9-22)14-7-12-28-26(32)20-31-24-19-23(10-11-25(24)37-21-27(31)33)38(34,35)30-15-17-36-18-16-30/h4-6,8-11,19H,2-3,7,12-18,20-21H2,1H3,(H,28,32). The van der Waals surface area contributed by atoms with E-state index in [4.69, 9.17) is 4.74 Å². The van der Waals surface area contributed by atoms with Crippen LogP contribution in [0.1, 0.15) is 26.2 Å². The van der Waals surface area contributed by atoms with Crippen molar-refractivity contribution >= 4 is 45.0 Å². The maximum absolute atomic E-state index is 13.2. The molecule has 0 spiro atoms. The zero-order valence-corrected chi connectivity index (χ0v) is 23.4. The molecule has 1 fully saturated rings. The Labute approximate surface area is 229 Å². The van der Waals surface area contributed by atoms with Gasteiger partial charge in [-0.25, -0.2) is 8.42 Å². The molecule has 0 aromatic heterocycles. The molecular weight excluding hydrogens is 524 g/mol. The molecule has 1 N–H and O–H groups in total. The number of carbonyl (C=O) groups excluding carboxylic acids is 2. The monoisotopic (exact) mass is 560 g/mol. The van der Waals surface area contributed by atoms with Gasteiger partial charge in [0.25, 0.3) is 0 Å². The molecule has 9 nitrogen and oxygen atoms in total. The molecule has 4 rings (SSSR count). The highest BCUT2D eigenvalue weighted by molar-refractivity contribution is 8.00. The van der Waals surface area contributed by atoms with E-state index in [1.807, 2.05) is 18.2 Å². The predicted molar refractivity (Wildman–Crippen MR) is 150 cm³/mol. The molecule has 2 heterocycles. The summed E-state index contributed by atoms with van der Waals surface area (Å²) >= 11 is 1.35. The summed E-state index contributed by atoms with van der Waals surface area (Å²) in [6, 6.07) is 15.1. The molecule has 0 radical (unpaired) electrons. The van der Waals surface area contributed by atoms with Gasteiger partial charge in [0.05, 0.1) is 29.5 Å². The van der Waals surface area contributed by atoms with E-state index in [0.29, 0.717) is 38.5 Å². The first-order valence-corrected chi connectivity index (χ1v) is 15.5. The highest BCUT2D eigenvalue weighted by Gasteiger charge is 2.31. The van der Waals surface area contributed by atoms with E-state index in [1.54, 1.807) is 12.1 Å². The number of morpholine rings is 1. The van der Waals surface area contributed by atoms with Crippen LogP contribution in [0.25, 0.3) is 0 Å². The van der Waals surface area contributed by atoms with Crippen molar-refractivity contribution in [2.75, 3.05) is 68.0 Å². The first kappa shape index (κ1) is 28.4. The Hall–Kier alpha value is -2.60. The van der Waals surface area contributed by atoms with Gasteiger partial charge in [0, 0.05) is 43.3 Å². The number of anilines is 2. The molecule has 2 aromatic rings. The first-order chi connectivity index (χ1) is 18.4. The van der Waals surface area contributed by atoms with Gasteiger partial charge in [0.2, 0.25) is 21.8 Å². The van der Waals surface area contributed by atoms with Gasteiger partial charge < -0.3 is 19.9 Å². The van der Waals surface area contributed by atoms with Crippen LogP contribution in [0.4, 0.5) is 11.4 Å². The van der Waals surface area contributed by atoms with Crippen LogP contribution in [0.2, 0.25) is 0 Å². The van der Waals surface area contributed by atoms with Crippen molar-refractivity contribution in [3.8, 4) is 0 Å². The molecule has 38 heavy (non-hydrogen) atoms. The molecular formula is C27H36N4O5S2. The van der Waals surface area contributed by atoms with Crippen LogP contribution in [0.15, 0.2) is 58.3 Å². The molecule has 2 aliphatic heterocycles. The van der Waals surface area contributed by atoms with Crippen molar-refractivity contribution in [3.05, 3.63) is 48.5 Å². The maximum Gasteiger partial charge on any atom is 0.243 e. The van der Waals surface area contributed by atoms with Gasteiger partial charge in [-0.15, -0.1) is 11.8 Å². The van der Waals surface area contributed by atoms with Crippen LogP contribution in [0.5, 0.6) is 0 Å². The second-order valence-electron chi connectivity index (χ2n) is 9.29. The van der Waals surface area contributed by atoms with E-state index in [-0.39, 0.29) is 29.0 Å². The van der Waals surface area contributed by atoms with E-state index >= 15 is 0 Å². The molecule has 206 valence electrons. The minimum atomic E-state index is -3.72. The number of amides is 2. The molecule has 11 heteroatoms. The van der Waals surface area contributed by atoms with Crippen molar-refractivity contribution in [2.45, 2.75) is 36.0 Å². The number of hydrogen-bond acceptors (Lipinski definition) is 7. The van der Waals surface area contributed by atoms with Crippen LogP contribution in [0.3, 0.4) is 0 Å². The SMILES string of the molecule is CCCCN(CCCNC(=O)CN1C(=O)CSc2ccc(S(=O)(=O)N3CCOCC3)cc21)c1ccccc1. The molecule has 0 saturated carbocycles. The van der Waals surface area contributed by atoms with E-state index in [9.17, 15) is 18.0 Å². The summed E-state index contributed by atoms with van der Waals surface area (Å²) in [5.41, 5.74) is 1.63. The lowest BCUT2D eigenvalue weighted by Crippen LogP contribution is -2.44. The number of carbonyl (C=O) groups is 2. The summed E-state index contributed by atoms with van der Waals surface area (Å²) in [4.78, 5) is 30.2. The van der Waals surface area contributed by atoms with Gasteiger partial charge in [-0.2, -0.15) is 4.31 Å². The van der Waals surface area contributed by atoms with Gasteiger partial charge in [-0.1, -0.05) is 31.5 Å². The lowest BCUT2D eigenvalue weighted by molar-refractivity contribution is -0.122. The Morgan fingerprint density at radius 1 is 1.08 bits per heavy atom. The topological polar surface area (TPSA) is 99.3 Å². The minimum absolute atomic E-state index is 0.118. The number of para-hydroxylation sites is 1. The molecule has 0 atom stereocenters. The normalized spacial score (nSPS) is 16.2. The molecule has 0 bridgehead atoms. The van der Waals surface area contributed by atoms with Crippen molar-refractivity contribution in [2.24, 2.45) is 0 Å². The number of fused-ring (bicyclic) bond motifs is 1. The number of ether oxygens (including phenoxy) is 1. The third-order valence-electron chi connectivity index (χ3n) is 6.61. The Morgan fingerprint density at radius 3 is 2.55 bits per heavy atom. The third-order valence-corrected chi connectivity index (χ3v) is 9.56. The molecule has 0 aliphatic carbocycles. The average Bonchev–Trinajstić information content (AvgIpc) is 2.95. The number of rotatable bonds is 12. The number of thioether (sulfide) groups is 1. The second-order valence-corrected chi connectivity index (χ2v) is 12.2. The van der Waals surface area contributed by atoms with Gasteiger partial charge in [0.15, 0.2) is 0 Å². The molecule has 2 amide bonds. The number of nitrogens with zero attached hydrogens (tertiary/aromatic N) is 3. The van der Waals surface area contributed by atoms with Crippen molar-refractivity contribution in [3.63, 3.8) is 0 Å². The van der Waals surface area contributed by atoms with E-state index in [1.165, 1.54) is 32.7 Å². The van der Waals surface area contributed by atoms with Gasteiger partial charge in [-0.3, -0.25) is 9.59 Å². The first-order valence-electron chi connectivity index (χ1n) is 13.1. The molecule has 0 unspecified atom stereocenters. The van der Waals surface area contributed by atoms with Crippen molar-refractivity contribution in [1.29, 1.82) is 0 Å². The quantitative estimate of drug-likeness (QED) is 0.399. The minimum Gasteiger partial charge on any atom is -0.379 e. The smallest absolute Gasteiger partial charge is 0.243 e. The Morgan fingerprint density at radius 2 is 1.82 bits per heavy atom. The number of nitrogens with one attached hydrogen (secondary N) is 1. The van der Waals surface area contributed by atoms with Crippen LogP contribution >= 0.6 is 11.8 Å². The van der Waals surface area contributed by atoms with Crippen LogP contribution in [-0.4, -0.2) is 82.8 Å². The summed E-state index contributed by atoms with van der Waals surface area (Å²) in [7, 11) is -3.72. The largest absolute Gasteiger partial charge is 0.379 e. The molecule has 2 aliphatic rings. The summed E-state index contributed by atoms with van der Waals surface area (Å²) < 4.78 is 33.0. The Bertz CT molecular complexity index is 1200. The number of hydrogen-bond donors (Lipinski definition) is 1. The van der Waals surface area contributed by atoms with E-state index in [2.05, 4.69) is 29.3 Å². The van der Waals surface area contributed by atoms with Crippen LogP contribution < -0.4 is 15.1 Å². The Balaban J connectivity index is 1.37. The lowest BCUT2D eigenvalue weighted by atomic mass is 10.2. The highest BCUT2D eigenvalue weighted by atomic mass is 32.2. The van der Waals surface area contributed by atoms with Gasteiger partial charge >= 0.3 is 0 Å². The summed E-state index contributed by atoms with van der Waals surface area (Å²) in [5, 5.41) is 2.93. The van der Waals surface area contributed by atoms with Crippen LogP contribution in [0, 0.1) is 0 Å². The second kappa shape index (κ2) is 13.5. The van der Waals surface area contributed by atoms with Gasteiger partial charge in [-0.05, 0) is 43.2 Å². The molecule has 2 aromatic carbocycles. The van der Waals surface area contributed by atoms with Gasteiger partial charge in [0.1, 0.15) is 6.54 Å². The average molecular weight is 561 g/mol. The van der Waals surface area contributed by atoms with Crippen molar-refractivity contribution < 1.29 is 22.7 Å². The predicted octanol–water partition coefficient (Wildman–Crippen LogP) is 2.96. The van der Waals surface area contributed by atoms with Crippen molar-refractivity contribution in [1.82, 2.24) is 9.62 Å². The Kier molecular flexibility index (Phi) is 10.1. The summed E-state index contributed by atoms with van der Waals surface area (Å²) in [6.45, 7) is 5.58. The lowest BCUT2D eigenvalue weighted by Gasteiger charge is -2.30. The fraction of sp³-hybridized carbons (Fsp3) is 0.481. The third kappa shape index (κ3) is 7.07. The maximum atomic E-state index is 13.2. The summed E-state index contributed by atoms with van der Waals surface area (Å²) in [5.74, 6) is -0.273. The van der Waals surface area contributed by atoms with E-state index in [0.717, 1.165) is 37.2 Å². The zero-order chi connectivity index (χ0) is 27.0. The number of benzene rings is 2.